The van der Waals surface area contributed by atoms with Crippen LogP contribution in [-0.4, -0.2) is 12.6 Å². The van der Waals surface area contributed by atoms with Gasteiger partial charge in [-0.3, -0.25) is 4.79 Å². The topological polar surface area (TPSA) is 26.3 Å². The van der Waals surface area contributed by atoms with E-state index in [4.69, 9.17) is 4.74 Å². The van der Waals surface area contributed by atoms with Crippen molar-refractivity contribution in [3.8, 4) is 0 Å². The highest BCUT2D eigenvalue weighted by Crippen LogP contribution is 2.02. The summed E-state index contributed by atoms with van der Waals surface area (Å²) in [4.78, 5) is 10.3. The second-order valence-corrected chi connectivity index (χ2v) is 3.27. The van der Waals surface area contributed by atoms with Gasteiger partial charge >= 0.3 is 5.97 Å². The summed E-state index contributed by atoms with van der Waals surface area (Å²) in [6, 6.07) is 0. The summed E-state index contributed by atoms with van der Waals surface area (Å²) in [7, 11) is 0. The minimum Gasteiger partial charge on any atom is -0.466 e. The van der Waals surface area contributed by atoms with Crippen molar-refractivity contribution in [1.29, 1.82) is 0 Å². The molecule has 0 aliphatic heterocycles. The number of hydrogen-bond donors (Lipinski definition) is 0. The third-order valence-corrected chi connectivity index (χ3v) is 1.92. The molecule has 0 aromatic rings. The highest BCUT2D eigenvalue weighted by atomic mass is 127. The molecule has 0 aromatic carbocycles. The van der Waals surface area contributed by atoms with Crippen molar-refractivity contribution < 1.29 is 9.53 Å². The fraction of sp³-hybridized carbons (Fsp3) is 0.667. The van der Waals surface area contributed by atoms with Crippen LogP contribution >= 0.6 is 22.6 Å². The van der Waals surface area contributed by atoms with Crippen molar-refractivity contribution in [3.63, 3.8) is 0 Å². The maximum Gasteiger partial charge on any atom is 0.302 e. The summed E-state index contributed by atoms with van der Waals surface area (Å²) in [5.74, 6) is -0.179. The van der Waals surface area contributed by atoms with Crippen molar-refractivity contribution in [3.05, 3.63) is 10.2 Å². The molecule has 0 aromatic heterocycles. The second-order valence-electron chi connectivity index (χ2n) is 2.55. The molecule has 0 aliphatic carbocycles. The van der Waals surface area contributed by atoms with Crippen LogP contribution in [0.15, 0.2) is 10.2 Å². The number of ether oxygens (including phenoxy) is 1. The Morgan fingerprint density at radius 2 is 2.17 bits per heavy atom. The Labute approximate surface area is 87.5 Å². The number of carbonyl (C=O) groups excluding carboxylic acids is 1. The van der Waals surface area contributed by atoms with Gasteiger partial charge in [0.2, 0.25) is 0 Å². The van der Waals surface area contributed by atoms with Crippen LogP contribution in [0.2, 0.25) is 0 Å². The van der Waals surface area contributed by atoms with Crippen molar-refractivity contribution in [2.24, 2.45) is 0 Å². The molecule has 0 atom stereocenters. The number of esters is 1. The van der Waals surface area contributed by atoms with Gasteiger partial charge in [-0.05, 0) is 29.8 Å². The zero-order chi connectivity index (χ0) is 9.23. The van der Waals surface area contributed by atoms with Crippen molar-refractivity contribution in [2.75, 3.05) is 6.61 Å². The van der Waals surface area contributed by atoms with Crippen molar-refractivity contribution in [1.82, 2.24) is 0 Å². The van der Waals surface area contributed by atoms with E-state index in [1.54, 1.807) is 0 Å². The Morgan fingerprint density at radius 1 is 1.42 bits per heavy atom. The Kier molecular flexibility index (Phi) is 8.99. The largest absolute Gasteiger partial charge is 0.466 e. The predicted molar refractivity (Wildman–Crippen MR) is 58.3 cm³/mol. The van der Waals surface area contributed by atoms with Gasteiger partial charge in [0.25, 0.3) is 0 Å². The normalized spacial score (nSPS) is 10.5. The van der Waals surface area contributed by atoms with Crippen LogP contribution < -0.4 is 0 Å². The number of allylic oxidation sites excluding steroid dienone is 1. The lowest BCUT2D eigenvalue weighted by molar-refractivity contribution is -0.141. The average Bonchev–Trinajstić information content (AvgIpc) is 2.02. The molecule has 0 radical (unpaired) electrons. The van der Waals surface area contributed by atoms with E-state index in [-0.39, 0.29) is 5.97 Å². The molecule has 3 heteroatoms. The Balaban J connectivity index is 2.96. The minimum atomic E-state index is -0.179. The first-order valence-corrected chi connectivity index (χ1v) is 5.40. The molecule has 0 amide bonds. The predicted octanol–water partition coefficient (Wildman–Crippen LogP) is 3.06. The fourth-order valence-corrected chi connectivity index (χ4v) is 1.18. The number of unbranched alkanes of at least 4 members (excludes halogenated alkanes) is 3. The summed E-state index contributed by atoms with van der Waals surface area (Å²) in [6.07, 6.45) is 6.57. The summed E-state index contributed by atoms with van der Waals surface area (Å²) in [5.41, 5.74) is 0. The number of rotatable bonds is 6. The minimum absolute atomic E-state index is 0.179. The molecule has 0 saturated heterocycles. The van der Waals surface area contributed by atoms with Gasteiger partial charge in [-0.15, -0.1) is 0 Å². The molecule has 70 valence electrons. The monoisotopic (exact) mass is 282 g/mol. The van der Waals surface area contributed by atoms with Crippen LogP contribution in [0.4, 0.5) is 0 Å². The van der Waals surface area contributed by atoms with E-state index in [0.29, 0.717) is 6.61 Å². The Morgan fingerprint density at radius 3 is 2.75 bits per heavy atom. The van der Waals surface area contributed by atoms with Gasteiger partial charge in [0.05, 0.1) is 6.61 Å². The molecule has 0 unspecified atom stereocenters. The third-order valence-electron chi connectivity index (χ3n) is 1.41. The molecular weight excluding hydrogens is 267 g/mol. The molecule has 0 spiro atoms. The number of halogens is 1. The van der Waals surface area contributed by atoms with Crippen molar-refractivity contribution >= 4 is 28.6 Å². The first kappa shape index (κ1) is 11.9. The average molecular weight is 282 g/mol. The lowest BCUT2D eigenvalue weighted by atomic mass is 10.2. The molecule has 0 heterocycles. The second kappa shape index (κ2) is 9.03. The number of carbonyl (C=O) groups is 1. The van der Waals surface area contributed by atoms with E-state index >= 15 is 0 Å². The van der Waals surface area contributed by atoms with E-state index in [0.717, 1.165) is 19.3 Å². The quantitative estimate of drug-likeness (QED) is 0.425. The van der Waals surface area contributed by atoms with Gasteiger partial charge in [0, 0.05) is 6.92 Å². The van der Waals surface area contributed by atoms with Gasteiger partial charge in [-0.2, -0.15) is 0 Å². The van der Waals surface area contributed by atoms with Gasteiger partial charge in [0.1, 0.15) is 0 Å². The van der Waals surface area contributed by atoms with Crippen LogP contribution in [0.3, 0.4) is 0 Å². The summed E-state index contributed by atoms with van der Waals surface area (Å²) < 4.78 is 6.82. The molecule has 12 heavy (non-hydrogen) atoms. The zero-order valence-electron chi connectivity index (χ0n) is 7.38. The van der Waals surface area contributed by atoms with Crippen LogP contribution in [-0.2, 0) is 9.53 Å². The van der Waals surface area contributed by atoms with E-state index in [2.05, 4.69) is 28.7 Å². The maximum atomic E-state index is 10.3. The highest BCUT2D eigenvalue weighted by molar-refractivity contribution is 14.1. The van der Waals surface area contributed by atoms with Gasteiger partial charge in [0.15, 0.2) is 0 Å². The van der Waals surface area contributed by atoms with Gasteiger partial charge < -0.3 is 4.74 Å². The number of hydrogen-bond acceptors (Lipinski definition) is 2. The van der Waals surface area contributed by atoms with E-state index in [9.17, 15) is 4.79 Å². The lowest BCUT2D eigenvalue weighted by Crippen LogP contribution is -1.99. The Bertz CT molecular complexity index is 143. The summed E-state index contributed by atoms with van der Waals surface area (Å²) >= 11 is 2.21. The lowest BCUT2D eigenvalue weighted by Gasteiger charge is -1.99. The highest BCUT2D eigenvalue weighted by Gasteiger charge is 1.91. The van der Waals surface area contributed by atoms with E-state index in [1.165, 1.54) is 13.3 Å². The van der Waals surface area contributed by atoms with E-state index in [1.807, 2.05) is 4.08 Å². The molecule has 0 rings (SSSR count). The Hall–Kier alpha value is -0.0600. The molecule has 2 nitrogen and oxygen atoms in total. The van der Waals surface area contributed by atoms with Crippen LogP contribution in [0.1, 0.15) is 32.6 Å². The SMILES string of the molecule is CC(=O)OCCCCC/C=C/I. The molecule has 0 bridgehead atoms. The van der Waals surface area contributed by atoms with Crippen LogP contribution in [0.25, 0.3) is 0 Å². The van der Waals surface area contributed by atoms with E-state index < -0.39 is 0 Å². The molecule has 0 N–H and O–H groups in total. The molecule has 0 fully saturated rings. The van der Waals surface area contributed by atoms with Crippen LogP contribution in [0.5, 0.6) is 0 Å². The van der Waals surface area contributed by atoms with Crippen molar-refractivity contribution in [2.45, 2.75) is 32.6 Å². The first-order valence-electron chi connectivity index (χ1n) is 4.16. The maximum absolute atomic E-state index is 10.3. The van der Waals surface area contributed by atoms with Gasteiger partial charge in [-0.1, -0.05) is 28.7 Å². The fourth-order valence-electron chi connectivity index (χ4n) is 0.820. The van der Waals surface area contributed by atoms with Gasteiger partial charge in [-0.25, -0.2) is 0 Å². The molecule has 0 aliphatic rings. The third kappa shape index (κ3) is 9.94. The van der Waals surface area contributed by atoms with Crippen LogP contribution in [0, 0.1) is 0 Å². The summed E-state index contributed by atoms with van der Waals surface area (Å²) in [5, 5.41) is 0. The zero-order valence-corrected chi connectivity index (χ0v) is 9.54. The first-order chi connectivity index (χ1) is 5.77. The smallest absolute Gasteiger partial charge is 0.302 e. The summed E-state index contributed by atoms with van der Waals surface area (Å²) in [6.45, 7) is 2.02. The molecule has 0 saturated carbocycles. The standard InChI is InChI=1S/C9H15IO2/c1-9(11)12-8-6-4-2-3-5-7-10/h5,7H,2-4,6,8H2,1H3/b7-5+. The molecular formula is C9H15IO2.